The van der Waals surface area contributed by atoms with Gasteiger partial charge in [-0.05, 0) is 66.6 Å². The number of hydrogen-bond donors (Lipinski definition) is 3. The van der Waals surface area contributed by atoms with Gasteiger partial charge >= 0.3 is 11.9 Å². The summed E-state index contributed by atoms with van der Waals surface area (Å²) in [6.07, 6.45) is 0.388. The first-order valence-electron chi connectivity index (χ1n) is 16.2. The fourth-order valence-electron chi connectivity index (χ4n) is 7.37. The fraction of sp³-hybridized carbons (Fsp3) is 0.405. The lowest BCUT2D eigenvalue weighted by Gasteiger charge is -2.37. The molecule has 1 amide bonds. The number of nitrogens with zero attached hydrogens (tertiary/aromatic N) is 1. The molecule has 0 bridgehead atoms. The number of methoxy groups -OCH3 is 1. The Morgan fingerprint density at radius 1 is 1.10 bits per heavy atom. The molecule has 1 saturated carbocycles. The van der Waals surface area contributed by atoms with Gasteiger partial charge in [-0.2, -0.15) is 5.26 Å². The molecule has 1 aliphatic carbocycles. The second-order valence-electron chi connectivity index (χ2n) is 13.9. The minimum atomic E-state index is -1.80. The van der Waals surface area contributed by atoms with Gasteiger partial charge in [-0.25, -0.2) is 13.6 Å². The number of carbonyl (C=O) groups excluding carboxylic acids is 3. The molecule has 3 aromatic carbocycles. The Balaban J connectivity index is 1.54. The molecule has 2 aliphatic rings. The van der Waals surface area contributed by atoms with Crippen molar-refractivity contribution in [3.8, 4) is 11.8 Å². The number of anilines is 1. The number of carbonyl (C=O) groups is 3. The van der Waals surface area contributed by atoms with Crippen LogP contribution in [0.25, 0.3) is 0 Å². The molecule has 3 aromatic rings. The summed E-state index contributed by atoms with van der Waals surface area (Å²) < 4.78 is 47.7. The normalized spacial score (nSPS) is 24.4. The van der Waals surface area contributed by atoms with Gasteiger partial charge in [0.05, 0.1) is 35.5 Å². The van der Waals surface area contributed by atoms with Crippen molar-refractivity contribution in [3.05, 3.63) is 93.0 Å². The summed E-state index contributed by atoms with van der Waals surface area (Å²) in [7, 11) is 1.34. The smallest absolute Gasteiger partial charge is 0.338 e. The van der Waals surface area contributed by atoms with Crippen LogP contribution in [0.1, 0.15) is 61.5 Å². The maximum atomic E-state index is 16.1. The monoisotopic (exact) mass is 742 g/mol. The lowest BCUT2D eigenvalue weighted by atomic mass is 9.62. The molecule has 1 unspecified atom stereocenters. The SMILES string of the molecule is COc1cc(C(=O)OCCOC(=O)[C@@H](C)N)ccc1NC(=O)[C@@H]1NC2(C[C@H]2C(C)(C)C)[C@](C#N)(c2ccc(Cl)cc2F)[C@H]1c1cccc(Cl)c1F. The zero-order valence-corrected chi connectivity index (χ0v) is 30.1. The Labute approximate surface area is 304 Å². The lowest BCUT2D eigenvalue weighted by Crippen LogP contribution is -2.48. The summed E-state index contributed by atoms with van der Waals surface area (Å²) in [5.41, 5.74) is 2.24. The molecule has 270 valence electrons. The summed E-state index contributed by atoms with van der Waals surface area (Å²) in [6.45, 7) is 7.01. The van der Waals surface area contributed by atoms with Crippen LogP contribution in [-0.4, -0.2) is 55.8 Å². The molecule has 6 atom stereocenters. The van der Waals surface area contributed by atoms with Gasteiger partial charge in [0.15, 0.2) is 0 Å². The molecule has 1 spiro atoms. The first-order chi connectivity index (χ1) is 24.0. The number of amides is 1. The second kappa shape index (κ2) is 14.4. The molecular formula is C37H38Cl2F2N4O6. The number of nitrogens with two attached hydrogens (primary N) is 1. The number of rotatable bonds is 10. The second-order valence-corrected chi connectivity index (χ2v) is 14.7. The van der Waals surface area contributed by atoms with Gasteiger partial charge in [-0.3, -0.25) is 14.9 Å². The quantitative estimate of drug-likeness (QED) is 0.161. The van der Waals surface area contributed by atoms with Gasteiger partial charge in [0, 0.05) is 22.0 Å². The Morgan fingerprint density at radius 3 is 2.41 bits per heavy atom. The third-order valence-corrected chi connectivity index (χ3v) is 10.2. The topological polar surface area (TPSA) is 153 Å². The fourth-order valence-corrected chi connectivity index (χ4v) is 7.71. The Hall–Kier alpha value is -4.28. The van der Waals surface area contributed by atoms with Crippen molar-refractivity contribution in [3.63, 3.8) is 0 Å². The highest BCUT2D eigenvalue weighted by molar-refractivity contribution is 6.31. The highest BCUT2D eigenvalue weighted by Gasteiger charge is 2.79. The standard InChI is InChI=1S/C37H38Cl2F2N4O6/c1-19(43)33(47)50-13-14-51-34(48)20-9-12-26(27(15-20)49-5)44-32(46)31-29(22-7-6-8-24(39)30(22)41)36(18-42,23-11-10-21(38)16-25(23)40)37(45-31)17-28(37)35(2,3)4/h6-12,15-16,19,28-29,31,45H,13-14,17,43H2,1-5H3,(H,44,46)/t19-,28+,29+,31-,36-,37?/m1/s1. The summed E-state index contributed by atoms with van der Waals surface area (Å²) in [5, 5.41) is 17.3. The molecule has 0 radical (unpaired) electrons. The number of halogens is 4. The Bertz CT molecular complexity index is 1910. The Kier molecular flexibility index (Phi) is 10.7. The van der Waals surface area contributed by atoms with E-state index in [9.17, 15) is 19.6 Å². The van der Waals surface area contributed by atoms with Crippen LogP contribution in [0.3, 0.4) is 0 Å². The van der Waals surface area contributed by atoms with E-state index in [1.807, 2.05) is 20.8 Å². The number of nitriles is 1. The molecule has 1 saturated heterocycles. The van der Waals surface area contributed by atoms with E-state index in [-0.39, 0.29) is 57.3 Å². The number of nitrogens with one attached hydrogen (secondary N) is 2. The van der Waals surface area contributed by atoms with Gasteiger partial charge in [0.25, 0.3) is 0 Å². The minimum absolute atomic E-state index is 0.0268. The number of hydrogen-bond acceptors (Lipinski definition) is 9. The summed E-state index contributed by atoms with van der Waals surface area (Å²) in [6, 6.07) is 12.7. The first-order valence-corrected chi connectivity index (χ1v) is 16.9. The van der Waals surface area contributed by atoms with Crippen LogP contribution in [0, 0.1) is 34.3 Å². The Morgan fingerprint density at radius 2 is 1.80 bits per heavy atom. The van der Waals surface area contributed by atoms with Crippen LogP contribution >= 0.6 is 23.2 Å². The predicted octanol–water partition coefficient (Wildman–Crippen LogP) is 6.29. The summed E-state index contributed by atoms with van der Waals surface area (Å²) in [4.78, 5) is 38.7. The summed E-state index contributed by atoms with van der Waals surface area (Å²) in [5.74, 6) is -5.08. The van der Waals surface area contributed by atoms with Gasteiger partial charge < -0.3 is 25.3 Å². The van der Waals surface area contributed by atoms with Crippen LogP contribution in [0.2, 0.25) is 10.0 Å². The first kappa shape index (κ1) is 38.0. The van der Waals surface area contributed by atoms with Crippen LogP contribution < -0.4 is 21.1 Å². The average Bonchev–Trinajstić information content (AvgIpc) is 3.76. The van der Waals surface area contributed by atoms with Gasteiger partial charge in [-0.1, -0.05) is 62.2 Å². The van der Waals surface area contributed by atoms with Crippen LogP contribution in [-0.2, 0) is 24.5 Å². The van der Waals surface area contributed by atoms with Gasteiger partial charge in [-0.15, -0.1) is 0 Å². The van der Waals surface area contributed by atoms with Gasteiger partial charge in [0.2, 0.25) is 5.91 Å². The van der Waals surface area contributed by atoms with E-state index in [1.165, 1.54) is 62.6 Å². The van der Waals surface area contributed by atoms with Crippen molar-refractivity contribution in [1.82, 2.24) is 5.32 Å². The molecule has 1 aliphatic heterocycles. The molecular weight excluding hydrogens is 705 g/mol. The van der Waals surface area contributed by atoms with Crippen molar-refractivity contribution < 1.29 is 37.4 Å². The van der Waals surface area contributed by atoms with E-state index in [4.69, 9.17) is 43.1 Å². The molecule has 5 rings (SSSR count). The average molecular weight is 744 g/mol. The lowest BCUT2D eigenvalue weighted by molar-refractivity contribution is -0.145. The maximum Gasteiger partial charge on any atom is 0.338 e. The van der Waals surface area contributed by atoms with E-state index in [0.29, 0.717) is 6.42 Å². The highest BCUT2D eigenvalue weighted by atomic mass is 35.5. The number of esters is 2. The highest BCUT2D eigenvalue weighted by Crippen LogP contribution is 2.70. The van der Waals surface area contributed by atoms with Gasteiger partial charge in [0.1, 0.15) is 42.1 Å². The predicted molar refractivity (Wildman–Crippen MR) is 187 cm³/mol. The maximum absolute atomic E-state index is 16.1. The molecule has 1 heterocycles. The van der Waals surface area contributed by atoms with Crippen molar-refractivity contribution in [2.75, 3.05) is 25.6 Å². The third-order valence-electron chi connectivity index (χ3n) is 9.68. The van der Waals surface area contributed by atoms with Crippen LogP contribution in [0.4, 0.5) is 14.5 Å². The van der Waals surface area contributed by atoms with Crippen LogP contribution in [0.5, 0.6) is 5.75 Å². The van der Waals surface area contributed by atoms with Crippen LogP contribution in [0.15, 0.2) is 54.6 Å². The minimum Gasteiger partial charge on any atom is -0.495 e. The van der Waals surface area contributed by atoms with Crippen molar-refractivity contribution >= 4 is 46.7 Å². The van der Waals surface area contributed by atoms with E-state index >= 15 is 8.78 Å². The molecule has 0 aromatic heterocycles. The molecule has 4 N–H and O–H groups in total. The molecule has 14 heteroatoms. The third kappa shape index (κ3) is 6.88. The van der Waals surface area contributed by atoms with E-state index in [2.05, 4.69) is 16.7 Å². The zero-order chi connectivity index (χ0) is 37.5. The van der Waals surface area contributed by atoms with E-state index in [0.717, 1.165) is 6.07 Å². The summed E-state index contributed by atoms with van der Waals surface area (Å²) >= 11 is 12.4. The van der Waals surface area contributed by atoms with Crippen molar-refractivity contribution in [1.29, 1.82) is 5.26 Å². The van der Waals surface area contributed by atoms with Crippen molar-refractivity contribution in [2.45, 2.75) is 63.1 Å². The van der Waals surface area contributed by atoms with E-state index in [1.54, 1.807) is 0 Å². The number of benzene rings is 3. The largest absolute Gasteiger partial charge is 0.495 e. The van der Waals surface area contributed by atoms with Crippen molar-refractivity contribution in [2.24, 2.45) is 17.1 Å². The van der Waals surface area contributed by atoms with E-state index < -0.39 is 63.9 Å². The molecule has 2 fully saturated rings. The molecule has 51 heavy (non-hydrogen) atoms. The zero-order valence-electron chi connectivity index (χ0n) is 28.6. The number of ether oxygens (including phenoxy) is 3. The molecule has 10 nitrogen and oxygen atoms in total.